The molecule has 0 spiro atoms. The van der Waals surface area contributed by atoms with Crippen LogP contribution in [0, 0.1) is 5.92 Å². The summed E-state index contributed by atoms with van der Waals surface area (Å²) in [6, 6.07) is 16.4. The van der Waals surface area contributed by atoms with Gasteiger partial charge in [0.15, 0.2) is 0 Å². The molecule has 4 aromatic rings. The van der Waals surface area contributed by atoms with Gasteiger partial charge in [-0.2, -0.15) is 8.78 Å². The normalized spacial score (nSPS) is 17.1. The summed E-state index contributed by atoms with van der Waals surface area (Å²) in [4.78, 5) is 33.1. The lowest BCUT2D eigenvalue weighted by Crippen LogP contribution is -2.23. The fraction of sp³-hybridized carbons (Fsp3) is 0.281. The van der Waals surface area contributed by atoms with Crippen LogP contribution < -0.4 is 15.2 Å². The maximum Gasteiger partial charge on any atom is 0.387 e. The second-order valence-corrected chi connectivity index (χ2v) is 10.5. The number of hydrogen-bond donors (Lipinski definition) is 1. The Kier molecular flexibility index (Phi) is 7.60. The van der Waals surface area contributed by atoms with Crippen molar-refractivity contribution in [1.29, 1.82) is 0 Å². The number of rotatable bonds is 9. The van der Waals surface area contributed by atoms with Gasteiger partial charge < -0.3 is 23.9 Å². The van der Waals surface area contributed by atoms with E-state index in [2.05, 4.69) is 4.98 Å². The highest BCUT2D eigenvalue weighted by Crippen LogP contribution is 2.32. The van der Waals surface area contributed by atoms with Crippen LogP contribution in [0.25, 0.3) is 22.2 Å². The summed E-state index contributed by atoms with van der Waals surface area (Å²) < 4.78 is 39.8. The summed E-state index contributed by atoms with van der Waals surface area (Å²) in [5, 5.41) is 0. The van der Waals surface area contributed by atoms with Gasteiger partial charge in [-0.15, -0.1) is 0 Å². The minimum absolute atomic E-state index is 0.0945. The Balaban J connectivity index is 1.38. The number of aromatic amines is 1. The number of alkyl halides is 2. The Hall–Kier alpha value is -4.73. The van der Waals surface area contributed by atoms with Gasteiger partial charge in [0, 0.05) is 48.5 Å². The molecule has 1 aliphatic carbocycles. The molecule has 2 aromatic carbocycles. The molecular formula is C32H30F2N4O4. The number of carbonyl (C=O) groups excluding carboxylic acids is 1. The van der Waals surface area contributed by atoms with E-state index in [1.165, 1.54) is 6.07 Å². The topological polar surface area (TPSA) is 89.5 Å². The number of halogens is 2. The van der Waals surface area contributed by atoms with Gasteiger partial charge in [-0.05, 0) is 54.3 Å². The molecule has 8 nitrogen and oxygen atoms in total. The number of carbonyl (C=O) groups is 1. The number of fused-ring (bicyclic) bond motifs is 1. The van der Waals surface area contributed by atoms with Crippen LogP contribution in [0.3, 0.4) is 0 Å². The van der Waals surface area contributed by atoms with E-state index in [0.29, 0.717) is 42.1 Å². The Morgan fingerprint density at radius 2 is 1.95 bits per heavy atom. The van der Waals surface area contributed by atoms with E-state index in [1.807, 2.05) is 66.1 Å². The van der Waals surface area contributed by atoms with Crippen LogP contribution in [-0.4, -0.2) is 33.6 Å². The minimum atomic E-state index is -2.92. The Morgan fingerprint density at radius 3 is 2.71 bits per heavy atom. The molecule has 6 rings (SSSR count). The highest BCUT2D eigenvalue weighted by atomic mass is 19.3. The van der Waals surface area contributed by atoms with Crippen molar-refractivity contribution >= 4 is 22.6 Å². The van der Waals surface area contributed by atoms with Crippen LogP contribution >= 0.6 is 0 Å². The number of amides is 1. The van der Waals surface area contributed by atoms with E-state index in [0.717, 1.165) is 28.8 Å². The molecule has 1 atom stereocenters. The second-order valence-electron chi connectivity index (χ2n) is 10.5. The molecule has 1 aliphatic heterocycles. The number of pyridine rings is 1. The maximum atomic E-state index is 13.4. The van der Waals surface area contributed by atoms with Crippen LogP contribution in [-0.2, 0) is 22.7 Å². The third kappa shape index (κ3) is 5.70. The Bertz CT molecular complexity index is 1740. The molecule has 3 heterocycles. The zero-order chi connectivity index (χ0) is 29.2. The molecule has 2 aromatic heterocycles. The largest absolute Gasteiger partial charge is 0.486 e. The van der Waals surface area contributed by atoms with Crippen LogP contribution in [0.15, 0.2) is 89.1 Å². The van der Waals surface area contributed by atoms with E-state index in [4.69, 9.17) is 14.5 Å². The van der Waals surface area contributed by atoms with Gasteiger partial charge in [-0.25, -0.2) is 4.98 Å². The van der Waals surface area contributed by atoms with Crippen molar-refractivity contribution in [2.45, 2.75) is 45.9 Å². The summed E-state index contributed by atoms with van der Waals surface area (Å²) in [6.45, 7) is -0.0239. The molecule has 1 amide bonds. The predicted octanol–water partition coefficient (Wildman–Crippen LogP) is 6.19. The molecule has 1 N–H and O–H groups in total. The van der Waals surface area contributed by atoms with Crippen molar-refractivity contribution in [3.8, 4) is 16.9 Å². The number of nitrogens with one attached hydrogen (secondary N) is 1. The first-order valence-corrected chi connectivity index (χ1v) is 13.9. The minimum Gasteiger partial charge on any atom is -0.486 e. The van der Waals surface area contributed by atoms with Gasteiger partial charge >= 0.3 is 6.61 Å². The number of allylic oxidation sites excluding steroid dienone is 4. The van der Waals surface area contributed by atoms with Crippen molar-refractivity contribution in [2.24, 2.45) is 5.92 Å². The van der Waals surface area contributed by atoms with E-state index in [-0.39, 0.29) is 36.3 Å². The molecule has 0 bridgehead atoms. The molecular weight excluding hydrogens is 542 g/mol. The second kappa shape index (κ2) is 11.6. The molecule has 1 saturated heterocycles. The van der Waals surface area contributed by atoms with Crippen molar-refractivity contribution in [2.75, 3.05) is 11.4 Å². The average molecular weight is 573 g/mol. The summed E-state index contributed by atoms with van der Waals surface area (Å²) in [5.74, 6) is 1.35. The number of imidazole rings is 1. The molecule has 1 unspecified atom stereocenters. The van der Waals surface area contributed by atoms with Gasteiger partial charge in [-0.3, -0.25) is 9.59 Å². The number of hydrogen-bond acceptors (Lipinski definition) is 5. The number of benzene rings is 2. The predicted molar refractivity (Wildman–Crippen MR) is 155 cm³/mol. The van der Waals surface area contributed by atoms with Crippen molar-refractivity contribution < 1.29 is 23.0 Å². The lowest BCUT2D eigenvalue weighted by atomic mass is 9.95. The standard InChI is InChI=1S/C32H30F2N4O4/c1-20-5-2-6-23(31(20)42-32(33)34)18-38-27-15-21(22-11-13-29(39)35-17-22)10-12-26(27)36-28(38)19-41-25-8-3-7-24(16-25)37-14-4-9-30(37)40/h2-3,6-8,10-13,15-17,20,32H,4-5,9,14,18-19H2,1H3,(H,35,39). The maximum absolute atomic E-state index is 13.4. The summed E-state index contributed by atoms with van der Waals surface area (Å²) in [6.07, 6.45) is 7.42. The molecule has 0 radical (unpaired) electrons. The Morgan fingerprint density at radius 1 is 1.10 bits per heavy atom. The van der Waals surface area contributed by atoms with Gasteiger partial charge in [0.2, 0.25) is 11.5 Å². The van der Waals surface area contributed by atoms with Gasteiger partial charge in [0.1, 0.15) is 23.9 Å². The Labute approximate surface area is 240 Å². The summed E-state index contributed by atoms with van der Waals surface area (Å²) >= 11 is 0. The van der Waals surface area contributed by atoms with E-state index in [1.54, 1.807) is 17.2 Å². The molecule has 216 valence electrons. The molecule has 1 fully saturated rings. The van der Waals surface area contributed by atoms with Crippen molar-refractivity contribution in [1.82, 2.24) is 14.5 Å². The van der Waals surface area contributed by atoms with Gasteiger partial charge in [0.05, 0.1) is 17.6 Å². The SMILES string of the molecule is CC1CC=CC(Cn2c(COc3cccc(N4CCCC4=O)c3)nc3ccc(-c4ccc(=O)[nH]c4)cc32)=C1OC(F)F. The zero-order valence-corrected chi connectivity index (χ0v) is 23.1. The highest BCUT2D eigenvalue weighted by molar-refractivity contribution is 5.95. The average Bonchev–Trinajstić information content (AvgIpc) is 3.57. The molecule has 2 aliphatic rings. The summed E-state index contributed by atoms with van der Waals surface area (Å²) in [5.41, 5.74) is 4.41. The lowest BCUT2D eigenvalue weighted by molar-refractivity contribution is -0.117. The summed E-state index contributed by atoms with van der Waals surface area (Å²) in [7, 11) is 0. The van der Waals surface area contributed by atoms with Gasteiger partial charge in [-0.1, -0.05) is 31.2 Å². The fourth-order valence-electron chi connectivity index (χ4n) is 5.55. The number of nitrogens with zero attached hydrogens (tertiary/aromatic N) is 3. The number of anilines is 1. The monoisotopic (exact) mass is 572 g/mol. The van der Waals surface area contributed by atoms with Crippen LogP contribution in [0.1, 0.15) is 32.0 Å². The van der Waals surface area contributed by atoms with Crippen LogP contribution in [0.4, 0.5) is 14.5 Å². The van der Waals surface area contributed by atoms with Crippen molar-refractivity contribution in [3.63, 3.8) is 0 Å². The smallest absolute Gasteiger partial charge is 0.387 e. The van der Waals surface area contributed by atoms with E-state index in [9.17, 15) is 18.4 Å². The molecule has 0 saturated carbocycles. The number of aromatic nitrogens is 3. The number of H-pyrrole nitrogens is 1. The third-order valence-electron chi connectivity index (χ3n) is 7.63. The zero-order valence-electron chi connectivity index (χ0n) is 23.1. The van der Waals surface area contributed by atoms with Gasteiger partial charge in [0.25, 0.3) is 0 Å². The first-order chi connectivity index (χ1) is 20.4. The first kappa shape index (κ1) is 27.4. The van der Waals surface area contributed by atoms with E-state index >= 15 is 0 Å². The molecule has 10 heteroatoms. The first-order valence-electron chi connectivity index (χ1n) is 13.9. The van der Waals surface area contributed by atoms with Crippen molar-refractivity contribution in [3.05, 3.63) is 100 Å². The molecule has 42 heavy (non-hydrogen) atoms. The number of ether oxygens (including phenoxy) is 2. The van der Waals surface area contributed by atoms with Crippen LogP contribution in [0.2, 0.25) is 0 Å². The van der Waals surface area contributed by atoms with Crippen LogP contribution in [0.5, 0.6) is 5.75 Å². The third-order valence-corrected chi connectivity index (χ3v) is 7.63. The van der Waals surface area contributed by atoms with E-state index < -0.39 is 6.61 Å². The lowest BCUT2D eigenvalue weighted by Gasteiger charge is -2.23. The highest BCUT2D eigenvalue weighted by Gasteiger charge is 2.24. The quantitative estimate of drug-likeness (QED) is 0.259. The fourth-order valence-corrected chi connectivity index (χ4v) is 5.55.